The van der Waals surface area contributed by atoms with Crippen molar-refractivity contribution in [3.63, 3.8) is 0 Å². The van der Waals surface area contributed by atoms with E-state index in [1.807, 2.05) is 18.2 Å². The van der Waals surface area contributed by atoms with Crippen LogP contribution in [0.15, 0.2) is 63.2 Å². The van der Waals surface area contributed by atoms with E-state index in [4.69, 9.17) is 0 Å². The van der Waals surface area contributed by atoms with Gasteiger partial charge in [0.15, 0.2) is 0 Å². The minimum Gasteiger partial charge on any atom is -0.245 e. The lowest BCUT2D eigenvalue weighted by molar-refractivity contribution is 0.0303. The van der Waals surface area contributed by atoms with E-state index in [1.165, 1.54) is 15.7 Å². The maximum Gasteiger partial charge on any atom is 0.352 e. The van der Waals surface area contributed by atoms with Crippen LogP contribution in [0.5, 0.6) is 0 Å². The van der Waals surface area contributed by atoms with Crippen molar-refractivity contribution in [1.82, 2.24) is 13.9 Å². The number of hydrogen-bond donors (Lipinski definition) is 0. The second kappa shape index (κ2) is 4.09. The predicted octanol–water partition coefficient (Wildman–Crippen LogP) is 2.44. The molecule has 122 valence electrons. The van der Waals surface area contributed by atoms with Crippen LogP contribution >= 0.6 is 0 Å². The fourth-order valence-corrected chi connectivity index (χ4v) is 5.16. The molecule has 4 aliphatic rings. The Bertz CT molecular complexity index is 1050. The Hall–Kier alpha value is -2.56. The SMILES string of the molecule is CC1=C(C)[C@]2(C)[C@@H]1[C@H]1C=C[C@H]2n2c(=O)n(-c3ccccc3)c(=O)n21. The molecule has 0 saturated heterocycles. The zero-order chi connectivity index (χ0) is 16.8. The molecule has 0 fully saturated rings. The highest BCUT2D eigenvalue weighted by Gasteiger charge is 2.61. The molecule has 24 heavy (non-hydrogen) atoms. The summed E-state index contributed by atoms with van der Waals surface area (Å²) < 4.78 is 4.64. The first-order valence-electron chi connectivity index (χ1n) is 8.35. The molecular formula is C19H19N3O2. The Morgan fingerprint density at radius 2 is 1.62 bits per heavy atom. The molecule has 6 rings (SSSR count). The molecule has 0 amide bonds. The van der Waals surface area contributed by atoms with Crippen molar-refractivity contribution < 1.29 is 0 Å². The second-order valence-corrected chi connectivity index (χ2v) is 7.31. The Kier molecular flexibility index (Phi) is 2.36. The Morgan fingerprint density at radius 3 is 2.33 bits per heavy atom. The summed E-state index contributed by atoms with van der Waals surface area (Å²) in [5.74, 6) is 0.302. The summed E-state index contributed by atoms with van der Waals surface area (Å²) in [6.07, 6.45) is 4.20. The lowest BCUT2D eigenvalue weighted by atomic mass is 9.49. The van der Waals surface area contributed by atoms with Gasteiger partial charge >= 0.3 is 11.4 Å². The van der Waals surface area contributed by atoms with E-state index in [2.05, 4.69) is 32.9 Å². The molecule has 0 radical (unpaired) electrons. The summed E-state index contributed by atoms with van der Waals surface area (Å²) in [5, 5.41) is 0. The summed E-state index contributed by atoms with van der Waals surface area (Å²) in [7, 11) is 0. The minimum absolute atomic E-state index is 0.0668. The highest BCUT2D eigenvalue weighted by atomic mass is 16.2. The van der Waals surface area contributed by atoms with Crippen molar-refractivity contribution in [2.45, 2.75) is 32.9 Å². The van der Waals surface area contributed by atoms with Crippen LogP contribution in [0.1, 0.15) is 32.9 Å². The maximum absolute atomic E-state index is 13.1. The quantitative estimate of drug-likeness (QED) is 0.758. The van der Waals surface area contributed by atoms with E-state index < -0.39 is 0 Å². The fraction of sp³-hybridized carbons (Fsp3) is 0.368. The third kappa shape index (κ3) is 1.26. The Morgan fingerprint density at radius 1 is 0.958 bits per heavy atom. The molecule has 2 aromatic rings. The number of hydrogen-bond acceptors (Lipinski definition) is 2. The normalized spacial score (nSPS) is 32.5. The van der Waals surface area contributed by atoms with Gasteiger partial charge in [-0.25, -0.2) is 23.5 Å². The molecule has 4 atom stereocenters. The summed E-state index contributed by atoms with van der Waals surface area (Å²) in [6.45, 7) is 6.53. The molecule has 5 nitrogen and oxygen atoms in total. The van der Waals surface area contributed by atoms with Gasteiger partial charge in [-0.3, -0.25) is 0 Å². The predicted molar refractivity (Wildman–Crippen MR) is 91.5 cm³/mol. The van der Waals surface area contributed by atoms with Crippen LogP contribution in [0.3, 0.4) is 0 Å². The first kappa shape index (κ1) is 13.8. The van der Waals surface area contributed by atoms with Crippen molar-refractivity contribution >= 4 is 0 Å². The minimum atomic E-state index is -0.248. The summed E-state index contributed by atoms with van der Waals surface area (Å²) in [5.41, 5.74) is 2.77. The van der Waals surface area contributed by atoms with Gasteiger partial charge in [0.25, 0.3) is 0 Å². The van der Waals surface area contributed by atoms with E-state index in [0.717, 1.165) is 0 Å². The number of allylic oxidation sites excluding steroid dienone is 4. The number of nitrogens with zero attached hydrogens (tertiary/aromatic N) is 3. The maximum atomic E-state index is 13.1. The van der Waals surface area contributed by atoms with Crippen LogP contribution in [0.25, 0.3) is 5.69 Å². The van der Waals surface area contributed by atoms with E-state index in [1.54, 1.807) is 21.5 Å². The number of aromatic nitrogens is 3. The molecule has 1 aromatic carbocycles. The Labute approximate surface area is 139 Å². The van der Waals surface area contributed by atoms with Crippen LogP contribution < -0.4 is 11.4 Å². The zero-order valence-electron chi connectivity index (χ0n) is 13.9. The molecule has 0 saturated carbocycles. The van der Waals surface area contributed by atoms with E-state index in [-0.39, 0.29) is 28.9 Å². The molecule has 0 N–H and O–H groups in total. The molecule has 0 spiro atoms. The molecule has 0 unspecified atom stereocenters. The van der Waals surface area contributed by atoms with Crippen molar-refractivity contribution in [1.29, 1.82) is 0 Å². The molecular weight excluding hydrogens is 302 g/mol. The lowest BCUT2D eigenvalue weighted by Crippen LogP contribution is -2.59. The van der Waals surface area contributed by atoms with Crippen molar-refractivity contribution in [2.75, 3.05) is 0 Å². The number of benzene rings is 1. The van der Waals surface area contributed by atoms with Crippen LogP contribution in [0.4, 0.5) is 0 Å². The van der Waals surface area contributed by atoms with Crippen LogP contribution in [-0.2, 0) is 0 Å². The van der Waals surface area contributed by atoms with Crippen LogP contribution in [-0.4, -0.2) is 13.9 Å². The molecule has 3 heterocycles. The average molecular weight is 321 g/mol. The smallest absolute Gasteiger partial charge is 0.245 e. The highest BCUT2D eigenvalue weighted by molar-refractivity contribution is 5.44. The van der Waals surface area contributed by atoms with Crippen molar-refractivity contribution in [2.24, 2.45) is 11.3 Å². The van der Waals surface area contributed by atoms with Gasteiger partial charge in [0, 0.05) is 11.3 Å². The van der Waals surface area contributed by atoms with Gasteiger partial charge in [0.1, 0.15) is 0 Å². The van der Waals surface area contributed by atoms with Gasteiger partial charge in [-0.2, -0.15) is 0 Å². The standard InChI is InChI=1S/C19H19N3O2/c1-11-12(2)19(3)15-10-9-14(16(11)19)21-17(23)20(18(24)22(15)21)13-7-5-4-6-8-13/h4-10,14-16H,1-3H3/t14-,15-,16+,19+/m1/s1. The lowest BCUT2D eigenvalue weighted by Gasteiger charge is -2.60. The third-order valence-corrected chi connectivity index (χ3v) is 6.53. The molecule has 2 aliphatic heterocycles. The van der Waals surface area contributed by atoms with E-state index in [9.17, 15) is 9.59 Å². The van der Waals surface area contributed by atoms with Gasteiger partial charge in [0.05, 0.1) is 17.8 Å². The first-order chi connectivity index (χ1) is 11.5. The molecule has 2 bridgehead atoms. The average Bonchev–Trinajstić information content (AvgIpc) is 2.88. The van der Waals surface area contributed by atoms with Gasteiger partial charge in [-0.1, -0.05) is 48.4 Å². The fourth-order valence-electron chi connectivity index (χ4n) is 5.16. The zero-order valence-corrected chi connectivity index (χ0v) is 13.9. The highest BCUT2D eigenvalue weighted by Crippen LogP contribution is 2.65. The van der Waals surface area contributed by atoms with E-state index in [0.29, 0.717) is 11.6 Å². The summed E-state index contributed by atoms with van der Waals surface area (Å²) in [4.78, 5) is 26.1. The van der Waals surface area contributed by atoms with Gasteiger partial charge in [-0.05, 0) is 26.0 Å². The summed E-state index contributed by atoms with van der Waals surface area (Å²) in [6, 6.07) is 9.00. The first-order valence-corrected chi connectivity index (χ1v) is 8.35. The van der Waals surface area contributed by atoms with Gasteiger partial charge in [0.2, 0.25) is 0 Å². The number of rotatable bonds is 1. The number of para-hydroxylation sites is 1. The van der Waals surface area contributed by atoms with E-state index >= 15 is 0 Å². The van der Waals surface area contributed by atoms with Gasteiger partial charge < -0.3 is 0 Å². The molecule has 1 aromatic heterocycles. The van der Waals surface area contributed by atoms with Crippen molar-refractivity contribution in [3.8, 4) is 5.69 Å². The topological polar surface area (TPSA) is 48.9 Å². The van der Waals surface area contributed by atoms with Crippen LogP contribution in [0.2, 0.25) is 0 Å². The third-order valence-electron chi connectivity index (χ3n) is 6.53. The molecule has 5 heteroatoms. The van der Waals surface area contributed by atoms with Crippen LogP contribution in [0, 0.1) is 11.3 Å². The largest absolute Gasteiger partial charge is 0.352 e. The second-order valence-electron chi connectivity index (χ2n) is 7.31. The molecule has 2 aliphatic carbocycles. The monoisotopic (exact) mass is 321 g/mol. The Balaban J connectivity index is 1.82. The van der Waals surface area contributed by atoms with Crippen molar-refractivity contribution in [3.05, 3.63) is 74.6 Å². The summed E-state index contributed by atoms with van der Waals surface area (Å²) >= 11 is 0. The van der Waals surface area contributed by atoms with Gasteiger partial charge in [-0.15, -0.1) is 0 Å².